The molecule has 104 valence electrons. The summed E-state index contributed by atoms with van der Waals surface area (Å²) in [6.45, 7) is 6.16. The third kappa shape index (κ3) is 2.21. The van der Waals surface area contributed by atoms with Gasteiger partial charge in [0.1, 0.15) is 0 Å². The van der Waals surface area contributed by atoms with Gasteiger partial charge in [0.25, 0.3) is 0 Å². The maximum absolute atomic E-state index is 5.90. The number of hydrogen-bond acceptors (Lipinski definition) is 2. The second kappa shape index (κ2) is 5.26. The summed E-state index contributed by atoms with van der Waals surface area (Å²) in [6, 6.07) is 9.33. The van der Waals surface area contributed by atoms with E-state index in [9.17, 15) is 0 Å². The summed E-state index contributed by atoms with van der Waals surface area (Å²) in [7, 11) is 0. The Morgan fingerprint density at radius 2 is 2.11 bits per heavy atom. The number of nitrogens with one attached hydrogen (secondary N) is 1. The van der Waals surface area contributed by atoms with Crippen LogP contribution in [-0.4, -0.2) is 18.8 Å². The van der Waals surface area contributed by atoms with E-state index in [2.05, 4.69) is 43.4 Å². The fourth-order valence-corrected chi connectivity index (χ4v) is 3.77. The molecular weight excluding hydrogens is 234 g/mol. The van der Waals surface area contributed by atoms with Gasteiger partial charge in [-0.25, -0.2) is 0 Å². The van der Waals surface area contributed by atoms with Gasteiger partial charge in [-0.05, 0) is 44.2 Å². The molecule has 19 heavy (non-hydrogen) atoms. The summed E-state index contributed by atoms with van der Waals surface area (Å²) in [6.07, 6.45) is 5.79. The van der Waals surface area contributed by atoms with Crippen LogP contribution in [0.4, 0.5) is 0 Å². The van der Waals surface area contributed by atoms with E-state index in [1.54, 1.807) is 0 Å². The van der Waals surface area contributed by atoms with Crippen LogP contribution < -0.4 is 5.32 Å². The van der Waals surface area contributed by atoms with Gasteiger partial charge in [-0.3, -0.25) is 0 Å². The Balaban J connectivity index is 1.58. The molecule has 0 aromatic heterocycles. The number of hydrogen-bond donors (Lipinski definition) is 1. The first-order chi connectivity index (χ1) is 9.26. The van der Waals surface area contributed by atoms with Crippen LogP contribution >= 0.6 is 0 Å². The predicted octanol–water partition coefficient (Wildman–Crippen LogP) is 3.43. The van der Waals surface area contributed by atoms with Crippen molar-refractivity contribution < 1.29 is 4.74 Å². The highest BCUT2D eigenvalue weighted by Crippen LogP contribution is 2.57. The molecule has 0 saturated heterocycles. The first-order valence-corrected chi connectivity index (χ1v) is 7.66. The van der Waals surface area contributed by atoms with E-state index < -0.39 is 0 Å². The molecule has 0 radical (unpaired) electrons. The largest absolute Gasteiger partial charge is 0.378 e. The summed E-state index contributed by atoms with van der Waals surface area (Å²) in [4.78, 5) is 0. The standard InChI is InChI=1S/C17H25NO/c1-3-19-16-11-15(17(16)9-6-10-17)18-12-14-8-5-4-7-13(14)2/h4-5,7-8,15-16,18H,3,6,9-12H2,1-2H3. The molecule has 0 heterocycles. The van der Waals surface area contributed by atoms with E-state index in [-0.39, 0.29) is 0 Å². The lowest BCUT2D eigenvalue weighted by Crippen LogP contribution is -2.66. The van der Waals surface area contributed by atoms with Crippen LogP contribution in [0.2, 0.25) is 0 Å². The number of aryl methyl sites for hydroxylation is 1. The maximum atomic E-state index is 5.90. The lowest BCUT2D eigenvalue weighted by atomic mass is 9.51. The van der Waals surface area contributed by atoms with Crippen LogP contribution in [0.1, 0.15) is 43.7 Å². The van der Waals surface area contributed by atoms with Gasteiger partial charge in [0.15, 0.2) is 0 Å². The Hall–Kier alpha value is -0.860. The highest BCUT2D eigenvalue weighted by molar-refractivity contribution is 5.25. The van der Waals surface area contributed by atoms with Crippen LogP contribution in [-0.2, 0) is 11.3 Å². The van der Waals surface area contributed by atoms with E-state index in [0.29, 0.717) is 17.6 Å². The average molecular weight is 259 g/mol. The minimum absolute atomic E-state index is 0.471. The molecule has 2 saturated carbocycles. The monoisotopic (exact) mass is 259 g/mol. The molecule has 2 nitrogen and oxygen atoms in total. The van der Waals surface area contributed by atoms with Crippen LogP contribution in [0, 0.1) is 12.3 Å². The topological polar surface area (TPSA) is 21.3 Å². The van der Waals surface area contributed by atoms with Crippen molar-refractivity contribution in [3.8, 4) is 0 Å². The first-order valence-electron chi connectivity index (χ1n) is 7.66. The summed E-state index contributed by atoms with van der Waals surface area (Å²) in [5, 5.41) is 3.78. The van der Waals surface area contributed by atoms with Crippen molar-refractivity contribution in [2.24, 2.45) is 5.41 Å². The molecule has 1 aromatic carbocycles. The molecule has 2 atom stereocenters. The minimum Gasteiger partial charge on any atom is -0.378 e. The second-order valence-corrected chi connectivity index (χ2v) is 6.13. The fraction of sp³-hybridized carbons (Fsp3) is 0.647. The van der Waals surface area contributed by atoms with Crippen molar-refractivity contribution in [2.45, 2.75) is 58.2 Å². The fourth-order valence-electron chi connectivity index (χ4n) is 3.77. The van der Waals surface area contributed by atoms with Gasteiger partial charge in [-0.15, -0.1) is 0 Å². The van der Waals surface area contributed by atoms with E-state index in [1.807, 2.05) is 0 Å². The third-order valence-electron chi connectivity index (χ3n) is 5.24. The molecule has 1 aromatic rings. The molecular formula is C17H25NO. The zero-order valence-electron chi connectivity index (χ0n) is 12.1. The van der Waals surface area contributed by atoms with E-state index >= 15 is 0 Å². The smallest absolute Gasteiger partial charge is 0.0661 e. The summed E-state index contributed by atoms with van der Waals surface area (Å²) in [5.41, 5.74) is 3.29. The zero-order chi connectivity index (χ0) is 13.3. The van der Waals surface area contributed by atoms with Crippen LogP contribution in [0.15, 0.2) is 24.3 Å². The average Bonchev–Trinajstić information content (AvgIpc) is 2.32. The van der Waals surface area contributed by atoms with Crippen LogP contribution in [0.25, 0.3) is 0 Å². The summed E-state index contributed by atoms with van der Waals surface area (Å²) >= 11 is 0. The van der Waals surface area contributed by atoms with Gasteiger partial charge >= 0.3 is 0 Å². The Kier molecular flexibility index (Phi) is 3.64. The normalized spacial score (nSPS) is 27.9. The van der Waals surface area contributed by atoms with Gasteiger partial charge in [0.2, 0.25) is 0 Å². The highest BCUT2D eigenvalue weighted by Gasteiger charge is 2.58. The molecule has 2 heteroatoms. The molecule has 3 rings (SSSR count). The van der Waals surface area contributed by atoms with Gasteiger partial charge < -0.3 is 10.1 Å². The molecule has 0 bridgehead atoms. The van der Waals surface area contributed by atoms with Gasteiger partial charge in [0.05, 0.1) is 6.10 Å². The van der Waals surface area contributed by atoms with Crippen LogP contribution in [0.3, 0.4) is 0 Å². The number of ether oxygens (including phenoxy) is 1. The predicted molar refractivity (Wildman–Crippen MR) is 78.1 cm³/mol. The first kappa shape index (κ1) is 13.1. The van der Waals surface area contributed by atoms with E-state index in [4.69, 9.17) is 4.74 Å². The van der Waals surface area contributed by atoms with Crippen molar-refractivity contribution >= 4 is 0 Å². The number of benzene rings is 1. The third-order valence-corrected chi connectivity index (χ3v) is 5.24. The van der Waals surface area contributed by atoms with Crippen molar-refractivity contribution in [2.75, 3.05) is 6.61 Å². The van der Waals surface area contributed by atoms with Gasteiger partial charge in [0, 0.05) is 24.6 Å². The summed E-state index contributed by atoms with van der Waals surface area (Å²) < 4.78 is 5.90. The lowest BCUT2D eigenvalue weighted by Gasteiger charge is -2.61. The molecule has 1 spiro atoms. The highest BCUT2D eigenvalue weighted by atomic mass is 16.5. The number of rotatable bonds is 5. The Morgan fingerprint density at radius 1 is 1.32 bits per heavy atom. The van der Waals surface area contributed by atoms with E-state index in [1.165, 1.54) is 36.8 Å². The van der Waals surface area contributed by atoms with Crippen LogP contribution in [0.5, 0.6) is 0 Å². The van der Waals surface area contributed by atoms with Crippen molar-refractivity contribution in [3.63, 3.8) is 0 Å². The van der Waals surface area contributed by atoms with Crippen molar-refractivity contribution in [3.05, 3.63) is 35.4 Å². The quantitative estimate of drug-likeness (QED) is 0.874. The lowest BCUT2D eigenvalue weighted by molar-refractivity contribution is -0.173. The Bertz CT molecular complexity index is 439. The van der Waals surface area contributed by atoms with Gasteiger partial charge in [-0.1, -0.05) is 30.7 Å². The Morgan fingerprint density at radius 3 is 2.74 bits per heavy atom. The summed E-state index contributed by atoms with van der Waals surface area (Å²) in [5.74, 6) is 0. The second-order valence-electron chi connectivity index (χ2n) is 6.13. The van der Waals surface area contributed by atoms with Crippen molar-refractivity contribution in [1.82, 2.24) is 5.32 Å². The molecule has 2 aliphatic rings. The minimum atomic E-state index is 0.471. The van der Waals surface area contributed by atoms with E-state index in [0.717, 1.165) is 13.2 Å². The molecule has 2 aliphatic carbocycles. The molecule has 2 unspecified atom stereocenters. The maximum Gasteiger partial charge on any atom is 0.0661 e. The molecule has 0 amide bonds. The SMILES string of the molecule is CCOC1CC(NCc2ccccc2C)C12CCC2. The molecule has 2 fully saturated rings. The van der Waals surface area contributed by atoms with Crippen molar-refractivity contribution in [1.29, 1.82) is 0 Å². The van der Waals surface area contributed by atoms with Gasteiger partial charge in [-0.2, -0.15) is 0 Å². The Labute approximate surface area is 116 Å². The zero-order valence-corrected chi connectivity index (χ0v) is 12.1. The molecule has 1 N–H and O–H groups in total. The molecule has 0 aliphatic heterocycles.